The van der Waals surface area contributed by atoms with Gasteiger partial charge < -0.3 is 5.32 Å². The number of hydrogen-bond donors (Lipinski definition) is 1. The quantitative estimate of drug-likeness (QED) is 0.285. The zero-order valence-corrected chi connectivity index (χ0v) is 25.9. The van der Waals surface area contributed by atoms with E-state index in [4.69, 9.17) is 0 Å². The third kappa shape index (κ3) is 6.10. The zero-order valence-electron chi connectivity index (χ0n) is 24.3. The molecule has 11 heteroatoms. The van der Waals surface area contributed by atoms with Crippen LogP contribution in [0.15, 0.2) is 65.6 Å². The van der Waals surface area contributed by atoms with E-state index in [0.29, 0.717) is 22.5 Å². The van der Waals surface area contributed by atoms with Gasteiger partial charge in [-0.25, -0.2) is 13.1 Å². The van der Waals surface area contributed by atoms with Crippen LogP contribution in [-0.4, -0.2) is 59.4 Å². The number of carbonyl (C=O) groups excluding carboxylic acids is 2. The number of carbonyl (C=O) groups is 2. The van der Waals surface area contributed by atoms with E-state index >= 15 is 0 Å². The molecule has 9 nitrogen and oxygen atoms in total. The average Bonchev–Trinajstić information content (AvgIpc) is 3.51. The number of fused-ring (bicyclic) bond motifs is 1. The van der Waals surface area contributed by atoms with Gasteiger partial charge in [0, 0.05) is 42.8 Å². The molecule has 1 aliphatic heterocycles. The van der Waals surface area contributed by atoms with Gasteiger partial charge >= 0.3 is 0 Å². The third-order valence-corrected chi connectivity index (χ3v) is 10.3. The summed E-state index contributed by atoms with van der Waals surface area (Å²) in [6, 6.07) is 17.1. The van der Waals surface area contributed by atoms with Crippen molar-refractivity contribution in [3.8, 4) is 0 Å². The summed E-state index contributed by atoms with van der Waals surface area (Å²) in [7, 11) is -2.22. The maximum absolute atomic E-state index is 13.8. The van der Waals surface area contributed by atoms with Gasteiger partial charge in [0.2, 0.25) is 10.0 Å². The van der Waals surface area contributed by atoms with Gasteiger partial charge in [-0.2, -0.15) is 9.40 Å². The lowest BCUT2D eigenvalue weighted by Gasteiger charge is -2.26. The molecular formula is C31H35N5O4S2. The van der Waals surface area contributed by atoms with Crippen LogP contribution in [0.2, 0.25) is 0 Å². The number of hydrogen-bond acceptors (Lipinski definition) is 7. The number of amides is 1. The second-order valence-electron chi connectivity index (χ2n) is 10.6. The van der Waals surface area contributed by atoms with Crippen molar-refractivity contribution in [1.29, 1.82) is 0 Å². The lowest BCUT2D eigenvalue weighted by Crippen LogP contribution is -2.31. The van der Waals surface area contributed by atoms with Crippen molar-refractivity contribution in [1.82, 2.24) is 19.0 Å². The minimum atomic E-state index is -3.76. The number of sulfonamides is 1. The maximum atomic E-state index is 13.8. The average molecular weight is 606 g/mol. The highest BCUT2D eigenvalue weighted by atomic mass is 32.2. The summed E-state index contributed by atoms with van der Waals surface area (Å²) in [5.74, 6) is -0.678. The van der Waals surface area contributed by atoms with Gasteiger partial charge in [-0.1, -0.05) is 37.3 Å². The highest BCUT2D eigenvalue weighted by molar-refractivity contribution is 7.89. The highest BCUT2D eigenvalue weighted by Gasteiger charge is 2.30. The Balaban J connectivity index is 1.40. The number of anilines is 1. The van der Waals surface area contributed by atoms with Gasteiger partial charge in [0.1, 0.15) is 5.00 Å². The van der Waals surface area contributed by atoms with Crippen LogP contribution < -0.4 is 5.32 Å². The van der Waals surface area contributed by atoms with Crippen molar-refractivity contribution in [2.45, 2.75) is 51.6 Å². The van der Waals surface area contributed by atoms with Gasteiger partial charge in [-0.3, -0.25) is 14.5 Å². The third-order valence-electron chi connectivity index (χ3n) is 7.39. The van der Waals surface area contributed by atoms with Gasteiger partial charge in [0.05, 0.1) is 16.2 Å². The minimum Gasteiger partial charge on any atom is -0.313 e. The van der Waals surface area contributed by atoms with E-state index in [1.807, 2.05) is 50.2 Å². The fourth-order valence-electron chi connectivity index (χ4n) is 5.28. The first-order valence-electron chi connectivity index (χ1n) is 13.9. The molecule has 1 aliphatic rings. The topological polar surface area (TPSA) is 105 Å². The van der Waals surface area contributed by atoms with Crippen LogP contribution in [0.5, 0.6) is 0 Å². The summed E-state index contributed by atoms with van der Waals surface area (Å²) >= 11 is 1.42. The first-order valence-corrected chi connectivity index (χ1v) is 16.2. The van der Waals surface area contributed by atoms with Crippen molar-refractivity contribution >= 4 is 38.2 Å². The van der Waals surface area contributed by atoms with Crippen LogP contribution in [0.3, 0.4) is 0 Å². The second-order valence-corrected chi connectivity index (χ2v) is 13.8. The summed E-state index contributed by atoms with van der Waals surface area (Å²) in [4.78, 5) is 30.7. The van der Waals surface area contributed by atoms with Gasteiger partial charge in [-0.15, -0.1) is 11.3 Å². The standard InChI is InChI=1S/C31H35N5O4S2/c1-5-16-35-17-15-26-27(20-35)41-30(28(26)31(38)36-22(3)18-21(2)33-36)32-29(37)24-11-13-25(14-12-24)42(39,40)34(4)19-23-9-7-6-8-10-23/h6-14,18H,5,15-17,19-20H2,1-4H3,(H,32,37). The number of aryl methyl sites for hydroxylation is 2. The molecule has 220 valence electrons. The largest absolute Gasteiger partial charge is 0.313 e. The van der Waals surface area contributed by atoms with Crippen LogP contribution in [0.25, 0.3) is 0 Å². The maximum Gasteiger partial charge on any atom is 0.281 e. The van der Waals surface area contributed by atoms with E-state index in [9.17, 15) is 18.0 Å². The fourth-order valence-corrected chi connectivity index (χ4v) is 7.71. The minimum absolute atomic E-state index is 0.0977. The van der Waals surface area contributed by atoms with E-state index in [1.165, 1.54) is 51.6 Å². The molecule has 2 aromatic carbocycles. The Bertz CT molecular complexity index is 1710. The number of benzene rings is 2. The first-order chi connectivity index (χ1) is 20.1. The Morgan fingerprint density at radius 1 is 1.07 bits per heavy atom. The SMILES string of the molecule is CCCN1CCc2c(sc(NC(=O)c3ccc(S(=O)(=O)N(C)Cc4ccccc4)cc3)c2C(=O)n2nc(C)cc2C)C1. The lowest BCUT2D eigenvalue weighted by atomic mass is 10.0. The molecule has 0 unspecified atom stereocenters. The first kappa shape index (κ1) is 29.8. The Labute approximate surface area is 250 Å². The van der Waals surface area contributed by atoms with Crippen molar-refractivity contribution in [3.63, 3.8) is 0 Å². The number of nitrogens with one attached hydrogen (secondary N) is 1. The normalized spacial score (nSPS) is 13.7. The van der Waals surface area contributed by atoms with E-state index in [2.05, 4.69) is 22.2 Å². The molecule has 42 heavy (non-hydrogen) atoms. The Morgan fingerprint density at radius 3 is 2.43 bits per heavy atom. The molecular weight excluding hydrogens is 571 g/mol. The highest BCUT2D eigenvalue weighted by Crippen LogP contribution is 2.38. The van der Waals surface area contributed by atoms with Crippen LogP contribution in [0, 0.1) is 13.8 Å². The predicted octanol–water partition coefficient (Wildman–Crippen LogP) is 5.09. The Hall–Kier alpha value is -3.64. The molecule has 0 saturated carbocycles. The van der Waals surface area contributed by atoms with Gasteiger partial charge in [-0.05, 0) is 74.7 Å². The van der Waals surface area contributed by atoms with Crippen molar-refractivity contribution < 1.29 is 18.0 Å². The Morgan fingerprint density at radius 2 is 1.79 bits per heavy atom. The summed E-state index contributed by atoms with van der Waals surface area (Å²) in [6.45, 7) is 8.59. The molecule has 0 radical (unpaired) electrons. The summed E-state index contributed by atoms with van der Waals surface area (Å²) in [5.41, 5.74) is 4.09. The smallest absolute Gasteiger partial charge is 0.281 e. The number of aromatic nitrogens is 2. The van der Waals surface area contributed by atoms with Gasteiger partial charge in [0.25, 0.3) is 11.8 Å². The van der Waals surface area contributed by atoms with Gasteiger partial charge in [0.15, 0.2) is 0 Å². The second kappa shape index (κ2) is 12.3. The molecule has 1 amide bonds. The molecule has 0 bridgehead atoms. The molecule has 5 rings (SSSR count). The van der Waals surface area contributed by atoms with E-state index in [0.717, 1.165) is 53.4 Å². The zero-order chi connectivity index (χ0) is 30.0. The summed E-state index contributed by atoms with van der Waals surface area (Å²) < 4.78 is 29.0. The molecule has 0 fully saturated rings. The molecule has 0 spiro atoms. The lowest BCUT2D eigenvalue weighted by molar-refractivity contribution is 0.0942. The van der Waals surface area contributed by atoms with E-state index < -0.39 is 15.9 Å². The van der Waals surface area contributed by atoms with Crippen LogP contribution in [-0.2, 0) is 29.5 Å². The molecule has 2 aromatic heterocycles. The van der Waals surface area contributed by atoms with Crippen molar-refractivity contribution in [2.75, 3.05) is 25.5 Å². The van der Waals surface area contributed by atoms with E-state index in [1.54, 1.807) is 0 Å². The summed E-state index contributed by atoms with van der Waals surface area (Å²) in [6.07, 6.45) is 1.75. The van der Waals surface area contributed by atoms with Crippen molar-refractivity contribution in [2.24, 2.45) is 0 Å². The van der Waals surface area contributed by atoms with E-state index in [-0.39, 0.29) is 17.3 Å². The molecule has 0 aliphatic carbocycles. The molecule has 4 aromatic rings. The molecule has 0 saturated heterocycles. The molecule has 3 heterocycles. The summed E-state index contributed by atoms with van der Waals surface area (Å²) in [5, 5.41) is 7.85. The van der Waals surface area contributed by atoms with Crippen LogP contribution >= 0.6 is 11.3 Å². The monoisotopic (exact) mass is 605 g/mol. The Kier molecular flexibility index (Phi) is 8.74. The fraction of sp³-hybridized carbons (Fsp3) is 0.323. The number of nitrogens with zero attached hydrogens (tertiary/aromatic N) is 4. The molecule has 0 atom stereocenters. The number of thiophene rings is 1. The molecule has 1 N–H and O–H groups in total. The van der Waals surface area contributed by atoms with Crippen LogP contribution in [0.4, 0.5) is 5.00 Å². The van der Waals surface area contributed by atoms with Crippen LogP contribution in [0.1, 0.15) is 61.5 Å². The number of rotatable bonds is 9. The predicted molar refractivity (Wildman–Crippen MR) is 165 cm³/mol. The van der Waals surface area contributed by atoms with Crippen molar-refractivity contribution in [3.05, 3.63) is 99.2 Å².